The van der Waals surface area contributed by atoms with Gasteiger partial charge in [-0.3, -0.25) is 5.32 Å². The van der Waals surface area contributed by atoms with Crippen molar-refractivity contribution in [2.75, 3.05) is 6.54 Å². The van der Waals surface area contributed by atoms with E-state index >= 15 is 0 Å². The molecule has 1 aromatic carbocycles. The van der Waals surface area contributed by atoms with Crippen molar-refractivity contribution in [2.24, 2.45) is 0 Å². The van der Waals surface area contributed by atoms with Gasteiger partial charge >= 0.3 is 0 Å². The summed E-state index contributed by atoms with van der Waals surface area (Å²) in [6.45, 7) is 0.972. The highest BCUT2D eigenvalue weighted by Gasteiger charge is 2.06. The van der Waals surface area contributed by atoms with Gasteiger partial charge in [0.15, 0.2) is 5.82 Å². The van der Waals surface area contributed by atoms with Crippen molar-refractivity contribution in [3.05, 3.63) is 41.0 Å². The van der Waals surface area contributed by atoms with E-state index in [9.17, 15) is 0 Å². The Bertz CT molecular complexity index is 562. The fraction of sp³-hybridized carbons (Fsp3) is 0.231. The molecule has 0 spiro atoms. The van der Waals surface area contributed by atoms with Gasteiger partial charge in [-0.2, -0.15) is 4.98 Å². The molecule has 4 nitrogen and oxygen atoms in total. The third-order valence-electron chi connectivity index (χ3n) is 2.20. The van der Waals surface area contributed by atoms with Crippen molar-refractivity contribution in [1.29, 1.82) is 0 Å². The SMILES string of the molecule is C#CCNCc1nc(CSc2ccc(Cl)cc2)no1. The van der Waals surface area contributed by atoms with E-state index < -0.39 is 0 Å². The number of hydrogen-bond acceptors (Lipinski definition) is 5. The summed E-state index contributed by atoms with van der Waals surface area (Å²) in [4.78, 5) is 5.37. The van der Waals surface area contributed by atoms with Crippen LogP contribution in [0, 0.1) is 12.3 Å². The lowest BCUT2D eigenvalue weighted by Crippen LogP contribution is -2.13. The van der Waals surface area contributed by atoms with Gasteiger partial charge in [0.1, 0.15) is 0 Å². The van der Waals surface area contributed by atoms with Crippen molar-refractivity contribution in [2.45, 2.75) is 17.2 Å². The largest absolute Gasteiger partial charge is 0.338 e. The van der Waals surface area contributed by atoms with Crippen LogP contribution in [0.2, 0.25) is 5.02 Å². The summed E-state index contributed by atoms with van der Waals surface area (Å²) >= 11 is 7.45. The first-order chi connectivity index (χ1) is 9.28. The van der Waals surface area contributed by atoms with Crippen LogP contribution in [0.3, 0.4) is 0 Å². The molecular weight excluding hydrogens is 282 g/mol. The molecule has 1 heterocycles. The number of rotatable bonds is 6. The molecule has 2 aromatic rings. The Morgan fingerprint density at radius 3 is 2.89 bits per heavy atom. The van der Waals surface area contributed by atoms with E-state index in [0.29, 0.717) is 30.6 Å². The Hall–Kier alpha value is -1.48. The average Bonchev–Trinajstić information content (AvgIpc) is 2.86. The fourth-order valence-electron chi connectivity index (χ4n) is 1.34. The van der Waals surface area contributed by atoms with Crippen LogP contribution in [-0.4, -0.2) is 16.7 Å². The molecule has 0 saturated heterocycles. The van der Waals surface area contributed by atoms with Gasteiger partial charge in [-0.05, 0) is 24.3 Å². The minimum Gasteiger partial charge on any atom is -0.338 e. The third-order valence-corrected chi connectivity index (χ3v) is 3.46. The van der Waals surface area contributed by atoms with Crippen LogP contribution in [0.4, 0.5) is 0 Å². The zero-order valence-corrected chi connectivity index (χ0v) is 11.7. The maximum atomic E-state index is 5.82. The Labute approximate surface area is 120 Å². The number of thioether (sulfide) groups is 1. The number of hydrogen-bond donors (Lipinski definition) is 1. The molecular formula is C13H12ClN3OS. The number of terminal acetylenes is 1. The Morgan fingerprint density at radius 2 is 2.16 bits per heavy atom. The summed E-state index contributed by atoms with van der Waals surface area (Å²) in [5, 5.41) is 7.62. The van der Waals surface area contributed by atoms with Gasteiger partial charge in [-0.25, -0.2) is 0 Å². The molecule has 0 atom stereocenters. The van der Waals surface area contributed by atoms with Gasteiger partial charge in [0.25, 0.3) is 0 Å². The number of nitrogens with zero attached hydrogens (tertiary/aromatic N) is 2. The summed E-state index contributed by atoms with van der Waals surface area (Å²) < 4.78 is 5.09. The molecule has 6 heteroatoms. The first-order valence-electron chi connectivity index (χ1n) is 5.62. The maximum Gasteiger partial charge on any atom is 0.240 e. The minimum absolute atomic E-state index is 0.483. The highest BCUT2D eigenvalue weighted by atomic mass is 35.5. The monoisotopic (exact) mass is 293 g/mol. The van der Waals surface area contributed by atoms with Crippen LogP contribution < -0.4 is 5.32 Å². The molecule has 0 saturated carbocycles. The second kappa shape index (κ2) is 7.19. The lowest BCUT2D eigenvalue weighted by atomic mass is 10.4. The van der Waals surface area contributed by atoms with Crippen LogP contribution >= 0.6 is 23.4 Å². The van der Waals surface area contributed by atoms with Crippen LogP contribution in [-0.2, 0) is 12.3 Å². The minimum atomic E-state index is 0.483. The quantitative estimate of drug-likeness (QED) is 0.504. The van der Waals surface area contributed by atoms with Crippen LogP contribution in [0.5, 0.6) is 0 Å². The third kappa shape index (κ3) is 4.60. The molecule has 0 fully saturated rings. The van der Waals surface area contributed by atoms with Crippen molar-refractivity contribution in [3.8, 4) is 12.3 Å². The van der Waals surface area contributed by atoms with E-state index in [0.717, 1.165) is 9.92 Å². The predicted octanol–water partition coefficient (Wildman–Crippen LogP) is 2.74. The molecule has 98 valence electrons. The molecule has 1 aromatic heterocycles. The van der Waals surface area contributed by atoms with Crippen LogP contribution in [0.25, 0.3) is 0 Å². The standard InChI is InChI=1S/C13H12ClN3OS/c1-2-7-15-8-13-16-12(17-18-13)9-19-11-5-3-10(14)4-6-11/h1,3-6,15H,7-9H2. The number of aromatic nitrogens is 2. The topological polar surface area (TPSA) is 51.0 Å². The van der Waals surface area contributed by atoms with E-state index in [1.807, 2.05) is 24.3 Å². The van der Waals surface area contributed by atoms with Gasteiger partial charge in [-0.1, -0.05) is 22.7 Å². The van der Waals surface area contributed by atoms with E-state index in [2.05, 4.69) is 21.4 Å². The zero-order chi connectivity index (χ0) is 13.5. The predicted molar refractivity (Wildman–Crippen MR) is 75.9 cm³/mol. The first-order valence-corrected chi connectivity index (χ1v) is 6.98. The van der Waals surface area contributed by atoms with E-state index in [1.165, 1.54) is 0 Å². The molecule has 0 unspecified atom stereocenters. The molecule has 1 N–H and O–H groups in total. The number of benzene rings is 1. The summed E-state index contributed by atoms with van der Waals surface area (Å²) in [6.07, 6.45) is 5.13. The van der Waals surface area contributed by atoms with Gasteiger partial charge < -0.3 is 4.52 Å². The lowest BCUT2D eigenvalue weighted by molar-refractivity contribution is 0.366. The average molecular weight is 294 g/mol. The zero-order valence-electron chi connectivity index (χ0n) is 10.1. The molecule has 0 aliphatic rings. The summed E-state index contributed by atoms with van der Waals surface area (Å²) in [5.41, 5.74) is 0. The highest BCUT2D eigenvalue weighted by Crippen LogP contribution is 2.23. The Morgan fingerprint density at radius 1 is 1.37 bits per heavy atom. The van der Waals surface area contributed by atoms with Crippen LogP contribution in [0.15, 0.2) is 33.7 Å². The van der Waals surface area contributed by atoms with Crippen molar-refractivity contribution in [3.63, 3.8) is 0 Å². The van der Waals surface area contributed by atoms with E-state index in [4.69, 9.17) is 22.5 Å². The summed E-state index contributed by atoms with van der Waals surface area (Å²) in [7, 11) is 0. The fourth-order valence-corrected chi connectivity index (χ4v) is 2.21. The Kier molecular flexibility index (Phi) is 5.28. The lowest BCUT2D eigenvalue weighted by Gasteiger charge is -1.97. The smallest absolute Gasteiger partial charge is 0.240 e. The van der Waals surface area contributed by atoms with Gasteiger partial charge in [0, 0.05) is 9.92 Å². The van der Waals surface area contributed by atoms with Crippen LogP contribution in [0.1, 0.15) is 11.7 Å². The van der Waals surface area contributed by atoms with E-state index in [1.54, 1.807) is 11.8 Å². The molecule has 0 aliphatic heterocycles. The Balaban J connectivity index is 1.83. The molecule has 2 rings (SSSR count). The molecule has 0 amide bonds. The molecule has 0 aliphatic carbocycles. The van der Waals surface area contributed by atoms with E-state index in [-0.39, 0.29) is 0 Å². The maximum absolute atomic E-state index is 5.82. The molecule has 19 heavy (non-hydrogen) atoms. The first kappa shape index (κ1) is 13.9. The van der Waals surface area contributed by atoms with Gasteiger partial charge in [0.05, 0.1) is 18.8 Å². The van der Waals surface area contributed by atoms with Crippen molar-refractivity contribution >= 4 is 23.4 Å². The summed E-state index contributed by atoms with van der Waals surface area (Å²) in [6, 6.07) is 7.63. The highest BCUT2D eigenvalue weighted by molar-refractivity contribution is 7.98. The second-order valence-corrected chi connectivity index (χ2v) is 5.14. The van der Waals surface area contributed by atoms with Gasteiger partial charge in [-0.15, -0.1) is 18.2 Å². The summed E-state index contributed by atoms with van der Waals surface area (Å²) in [5.74, 6) is 4.34. The normalized spacial score (nSPS) is 10.3. The number of nitrogens with one attached hydrogen (secondary N) is 1. The second-order valence-electron chi connectivity index (χ2n) is 3.65. The van der Waals surface area contributed by atoms with Crippen molar-refractivity contribution < 1.29 is 4.52 Å². The van der Waals surface area contributed by atoms with Gasteiger partial charge in [0.2, 0.25) is 5.89 Å². The molecule has 0 radical (unpaired) electrons. The number of halogens is 1. The van der Waals surface area contributed by atoms with Crippen molar-refractivity contribution in [1.82, 2.24) is 15.5 Å². The molecule has 0 bridgehead atoms.